The van der Waals surface area contributed by atoms with Gasteiger partial charge in [-0.15, -0.1) is 0 Å². The summed E-state index contributed by atoms with van der Waals surface area (Å²) in [5.41, 5.74) is 0. The number of carboxylic acid groups (broad SMARTS) is 1. The van der Waals surface area contributed by atoms with Crippen molar-refractivity contribution < 1.29 is 24.1 Å². The fraction of sp³-hybridized carbons (Fsp3) is 0.417. The first-order chi connectivity index (χ1) is 8.16. The summed E-state index contributed by atoms with van der Waals surface area (Å²) in [6.07, 6.45) is 0.476. The zero-order valence-corrected chi connectivity index (χ0v) is 9.51. The third-order valence-electron chi connectivity index (χ3n) is 2.59. The summed E-state index contributed by atoms with van der Waals surface area (Å²) in [6.45, 7) is 2.26. The highest BCUT2D eigenvalue weighted by Gasteiger charge is 2.14. The number of carboxylic acids is 1. The lowest BCUT2D eigenvalue weighted by Gasteiger charge is -2.08. The third kappa shape index (κ3) is 2.81. The van der Waals surface area contributed by atoms with Crippen molar-refractivity contribution in [3.63, 3.8) is 0 Å². The highest BCUT2D eigenvalue weighted by molar-refractivity contribution is 5.69. The molecule has 1 aliphatic heterocycles. The zero-order chi connectivity index (χ0) is 12.3. The highest BCUT2D eigenvalue weighted by Crippen LogP contribution is 2.35. The third-order valence-corrected chi connectivity index (χ3v) is 2.59. The number of hydrogen-bond acceptors (Lipinski definition) is 4. The van der Waals surface area contributed by atoms with Crippen molar-refractivity contribution in [3.05, 3.63) is 18.2 Å². The van der Waals surface area contributed by atoms with Crippen molar-refractivity contribution >= 4 is 5.97 Å². The lowest BCUT2D eigenvalue weighted by atomic mass is 10.1. The van der Waals surface area contributed by atoms with Gasteiger partial charge in [0, 0.05) is 6.07 Å². The SMILES string of the molecule is CC(CCOc1ccc2c(c1)OCO2)C(=O)O. The van der Waals surface area contributed by atoms with Crippen LogP contribution in [0.4, 0.5) is 0 Å². The van der Waals surface area contributed by atoms with Crippen LogP contribution in [0.25, 0.3) is 0 Å². The maximum Gasteiger partial charge on any atom is 0.306 e. The summed E-state index contributed by atoms with van der Waals surface area (Å²) in [7, 11) is 0. The van der Waals surface area contributed by atoms with Gasteiger partial charge in [-0.25, -0.2) is 0 Å². The molecule has 0 aliphatic carbocycles. The molecule has 0 amide bonds. The van der Waals surface area contributed by atoms with Gasteiger partial charge in [-0.05, 0) is 18.6 Å². The molecule has 0 radical (unpaired) electrons. The van der Waals surface area contributed by atoms with Gasteiger partial charge >= 0.3 is 5.97 Å². The van der Waals surface area contributed by atoms with E-state index in [-0.39, 0.29) is 6.79 Å². The van der Waals surface area contributed by atoms with Gasteiger partial charge in [0.1, 0.15) is 5.75 Å². The minimum Gasteiger partial charge on any atom is -0.493 e. The summed E-state index contributed by atoms with van der Waals surface area (Å²) >= 11 is 0. The lowest BCUT2D eigenvalue weighted by Crippen LogP contribution is -2.13. The summed E-state index contributed by atoms with van der Waals surface area (Å²) in [5.74, 6) is 0.820. The van der Waals surface area contributed by atoms with Crippen molar-refractivity contribution in [2.24, 2.45) is 5.92 Å². The van der Waals surface area contributed by atoms with Gasteiger partial charge in [-0.1, -0.05) is 6.92 Å². The Morgan fingerprint density at radius 1 is 1.47 bits per heavy atom. The Bertz CT molecular complexity index is 415. The van der Waals surface area contributed by atoms with Gasteiger partial charge in [0.2, 0.25) is 6.79 Å². The largest absolute Gasteiger partial charge is 0.493 e. The standard InChI is InChI=1S/C12H14O5/c1-8(12(13)14)4-5-15-9-2-3-10-11(6-9)17-7-16-10/h2-3,6,8H,4-5,7H2,1H3,(H,13,14). The van der Waals surface area contributed by atoms with Crippen molar-refractivity contribution in [1.29, 1.82) is 0 Å². The van der Waals surface area contributed by atoms with E-state index in [1.54, 1.807) is 25.1 Å². The van der Waals surface area contributed by atoms with Gasteiger partial charge < -0.3 is 19.3 Å². The van der Waals surface area contributed by atoms with Gasteiger partial charge in [0.15, 0.2) is 11.5 Å². The van der Waals surface area contributed by atoms with E-state index in [1.165, 1.54) is 0 Å². The Balaban J connectivity index is 1.85. The molecule has 0 spiro atoms. The molecule has 0 saturated heterocycles. The van der Waals surface area contributed by atoms with Gasteiger partial charge in [0.05, 0.1) is 12.5 Å². The van der Waals surface area contributed by atoms with Gasteiger partial charge in [0.25, 0.3) is 0 Å². The van der Waals surface area contributed by atoms with Crippen LogP contribution in [0.1, 0.15) is 13.3 Å². The second kappa shape index (κ2) is 4.95. The maximum absolute atomic E-state index is 10.6. The van der Waals surface area contributed by atoms with Crippen LogP contribution in [0.2, 0.25) is 0 Å². The molecule has 0 aromatic heterocycles. The predicted molar refractivity (Wildman–Crippen MR) is 59.5 cm³/mol. The number of aliphatic carboxylic acids is 1. The van der Waals surface area contributed by atoms with Crippen LogP contribution in [-0.4, -0.2) is 24.5 Å². The number of fused-ring (bicyclic) bond motifs is 1. The maximum atomic E-state index is 10.6. The van der Waals surface area contributed by atoms with E-state index < -0.39 is 11.9 Å². The molecule has 1 atom stereocenters. The first-order valence-electron chi connectivity index (χ1n) is 5.42. The zero-order valence-electron chi connectivity index (χ0n) is 9.51. The molecule has 1 aliphatic rings. The summed E-state index contributed by atoms with van der Waals surface area (Å²) in [5, 5.41) is 8.71. The first-order valence-corrected chi connectivity index (χ1v) is 5.42. The van der Waals surface area contributed by atoms with E-state index in [4.69, 9.17) is 19.3 Å². The van der Waals surface area contributed by atoms with Crippen LogP contribution in [0.15, 0.2) is 18.2 Å². The minimum atomic E-state index is -0.806. The topological polar surface area (TPSA) is 65.0 Å². The molecule has 1 heterocycles. The molecular formula is C12H14O5. The fourth-order valence-corrected chi connectivity index (χ4v) is 1.44. The van der Waals surface area contributed by atoms with E-state index in [0.29, 0.717) is 30.3 Å². The smallest absolute Gasteiger partial charge is 0.306 e. The monoisotopic (exact) mass is 238 g/mol. The van der Waals surface area contributed by atoms with Crippen LogP contribution in [0, 0.1) is 5.92 Å². The summed E-state index contributed by atoms with van der Waals surface area (Å²) in [6, 6.07) is 5.30. The van der Waals surface area contributed by atoms with Crippen molar-refractivity contribution in [2.75, 3.05) is 13.4 Å². The van der Waals surface area contributed by atoms with Crippen LogP contribution in [0.3, 0.4) is 0 Å². The van der Waals surface area contributed by atoms with Crippen molar-refractivity contribution in [1.82, 2.24) is 0 Å². The van der Waals surface area contributed by atoms with Crippen LogP contribution in [-0.2, 0) is 4.79 Å². The first kappa shape index (κ1) is 11.6. The average molecular weight is 238 g/mol. The summed E-state index contributed by atoms with van der Waals surface area (Å²) in [4.78, 5) is 10.6. The summed E-state index contributed by atoms with van der Waals surface area (Å²) < 4.78 is 15.8. The molecule has 0 fully saturated rings. The Kier molecular flexibility index (Phi) is 3.37. The molecule has 5 heteroatoms. The molecule has 1 N–H and O–H groups in total. The quantitative estimate of drug-likeness (QED) is 0.848. The molecule has 1 unspecified atom stereocenters. The molecule has 0 bridgehead atoms. The van der Waals surface area contributed by atoms with E-state index in [9.17, 15) is 4.79 Å². The number of carbonyl (C=O) groups is 1. The molecule has 92 valence electrons. The highest BCUT2D eigenvalue weighted by atomic mass is 16.7. The van der Waals surface area contributed by atoms with Gasteiger partial charge in [-0.3, -0.25) is 4.79 Å². The minimum absolute atomic E-state index is 0.231. The second-order valence-electron chi connectivity index (χ2n) is 3.89. The Morgan fingerprint density at radius 2 is 2.24 bits per heavy atom. The van der Waals surface area contributed by atoms with E-state index in [0.717, 1.165) is 0 Å². The number of benzene rings is 1. The molecule has 5 nitrogen and oxygen atoms in total. The number of hydrogen-bond donors (Lipinski definition) is 1. The van der Waals surface area contributed by atoms with E-state index in [1.807, 2.05) is 0 Å². The molecule has 1 aromatic carbocycles. The number of ether oxygens (including phenoxy) is 3. The molecule has 0 saturated carbocycles. The second-order valence-corrected chi connectivity index (χ2v) is 3.89. The van der Waals surface area contributed by atoms with Crippen LogP contribution < -0.4 is 14.2 Å². The molecule has 2 rings (SSSR count). The Morgan fingerprint density at radius 3 is 3.00 bits per heavy atom. The lowest BCUT2D eigenvalue weighted by molar-refractivity contribution is -0.141. The van der Waals surface area contributed by atoms with Crippen molar-refractivity contribution in [3.8, 4) is 17.2 Å². The molecular weight excluding hydrogens is 224 g/mol. The van der Waals surface area contributed by atoms with Gasteiger partial charge in [-0.2, -0.15) is 0 Å². The fourth-order valence-electron chi connectivity index (χ4n) is 1.44. The molecule has 1 aromatic rings. The Labute approximate surface area is 98.9 Å². The van der Waals surface area contributed by atoms with E-state index in [2.05, 4.69) is 0 Å². The van der Waals surface area contributed by atoms with Crippen molar-refractivity contribution in [2.45, 2.75) is 13.3 Å². The normalized spacial score (nSPS) is 14.4. The van der Waals surface area contributed by atoms with E-state index >= 15 is 0 Å². The number of rotatable bonds is 5. The van der Waals surface area contributed by atoms with Crippen LogP contribution >= 0.6 is 0 Å². The average Bonchev–Trinajstić information content (AvgIpc) is 2.75. The molecule has 17 heavy (non-hydrogen) atoms. The van der Waals surface area contributed by atoms with Crippen LogP contribution in [0.5, 0.6) is 17.2 Å². The Hall–Kier alpha value is -1.91. The predicted octanol–water partition coefficient (Wildman–Crippen LogP) is 1.90.